The monoisotopic (exact) mass is 331 g/mol. The molecule has 128 valence electrons. The second kappa shape index (κ2) is 7.13. The lowest BCUT2D eigenvalue weighted by Crippen LogP contribution is -2.42. The van der Waals surface area contributed by atoms with Crippen LogP contribution in [0.1, 0.15) is 35.0 Å². The van der Waals surface area contributed by atoms with Crippen LogP contribution in [0.2, 0.25) is 0 Å². The molecule has 0 radical (unpaired) electrons. The van der Waals surface area contributed by atoms with Gasteiger partial charge >= 0.3 is 0 Å². The fourth-order valence-corrected chi connectivity index (χ4v) is 2.98. The summed E-state index contributed by atoms with van der Waals surface area (Å²) in [6.45, 7) is 5.89. The molecular weight excluding hydrogens is 309 g/mol. The number of hydrogen-bond donors (Lipinski definition) is 0. The number of aromatic nitrogens is 2. The SMILES string of the molecule is CCOC[C@@H]1CCn2nccc2CN1C(=O)c1ccc(C)c(F)c1. The quantitative estimate of drug-likeness (QED) is 0.865. The molecule has 1 atom stereocenters. The van der Waals surface area contributed by atoms with Crippen LogP contribution in [0.25, 0.3) is 0 Å². The van der Waals surface area contributed by atoms with E-state index in [-0.39, 0.29) is 17.8 Å². The van der Waals surface area contributed by atoms with Gasteiger partial charge in [-0.2, -0.15) is 5.10 Å². The van der Waals surface area contributed by atoms with E-state index in [1.807, 2.05) is 17.7 Å². The van der Waals surface area contributed by atoms with Crippen LogP contribution in [0.5, 0.6) is 0 Å². The summed E-state index contributed by atoms with van der Waals surface area (Å²) in [5.41, 5.74) is 1.88. The summed E-state index contributed by atoms with van der Waals surface area (Å²) < 4.78 is 21.4. The van der Waals surface area contributed by atoms with E-state index in [1.165, 1.54) is 6.07 Å². The number of rotatable bonds is 4. The summed E-state index contributed by atoms with van der Waals surface area (Å²) in [6, 6.07) is 6.50. The maximum absolute atomic E-state index is 13.9. The first-order valence-electron chi connectivity index (χ1n) is 8.25. The van der Waals surface area contributed by atoms with E-state index in [9.17, 15) is 9.18 Å². The van der Waals surface area contributed by atoms with Crippen LogP contribution in [0, 0.1) is 12.7 Å². The average molecular weight is 331 g/mol. The molecule has 0 N–H and O–H groups in total. The van der Waals surface area contributed by atoms with Crippen molar-refractivity contribution in [2.75, 3.05) is 13.2 Å². The van der Waals surface area contributed by atoms with Crippen molar-refractivity contribution in [3.8, 4) is 0 Å². The summed E-state index contributed by atoms with van der Waals surface area (Å²) in [4.78, 5) is 14.8. The Hall–Kier alpha value is -2.21. The first-order chi connectivity index (χ1) is 11.6. The number of benzene rings is 1. The summed E-state index contributed by atoms with van der Waals surface area (Å²) in [5.74, 6) is -0.532. The molecule has 2 heterocycles. The first kappa shape index (κ1) is 16.6. The van der Waals surface area contributed by atoms with Crippen molar-refractivity contribution >= 4 is 5.91 Å². The predicted molar refractivity (Wildman–Crippen MR) is 88.1 cm³/mol. The summed E-state index contributed by atoms with van der Waals surface area (Å²) in [5, 5.41) is 4.30. The Labute approximate surface area is 141 Å². The number of carbonyl (C=O) groups is 1. The zero-order chi connectivity index (χ0) is 17.1. The van der Waals surface area contributed by atoms with E-state index in [0.29, 0.717) is 30.9 Å². The van der Waals surface area contributed by atoms with Crippen LogP contribution >= 0.6 is 0 Å². The van der Waals surface area contributed by atoms with E-state index in [0.717, 1.165) is 18.7 Å². The van der Waals surface area contributed by atoms with Crippen LogP contribution in [-0.2, 0) is 17.8 Å². The molecule has 1 amide bonds. The van der Waals surface area contributed by atoms with Gasteiger partial charge in [0.25, 0.3) is 5.91 Å². The number of hydrogen-bond acceptors (Lipinski definition) is 3. The van der Waals surface area contributed by atoms with E-state index >= 15 is 0 Å². The number of nitrogens with zero attached hydrogens (tertiary/aromatic N) is 3. The van der Waals surface area contributed by atoms with Gasteiger partial charge in [-0.3, -0.25) is 9.48 Å². The molecule has 1 aromatic heterocycles. The zero-order valence-electron chi connectivity index (χ0n) is 14.0. The van der Waals surface area contributed by atoms with Crippen molar-refractivity contribution in [1.29, 1.82) is 0 Å². The first-order valence-corrected chi connectivity index (χ1v) is 8.25. The number of carbonyl (C=O) groups excluding carboxylic acids is 1. The summed E-state index contributed by atoms with van der Waals surface area (Å²) >= 11 is 0. The number of ether oxygens (including phenoxy) is 1. The molecule has 6 heteroatoms. The highest BCUT2D eigenvalue weighted by Crippen LogP contribution is 2.21. The average Bonchev–Trinajstić information content (AvgIpc) is 2.95. The van der Waals surface area contributed by atoms with Crippen molar-refractivity contribution in [3.63, 3.8) is 0 Å². The van der Waals surface area contributed by atoms with Crippen LogP contribution in [0.3, 0.4) is 0 Å². The number of halogens is 1. The second-order valence-corrected chi connectivity index (χ2v) is 6.04. The molecule has 0 aliphatic carbocycles. The summed E-state index contributed by atoms with van der Waals surface area (Å²) in [6.07, 6.45) is 2.50. The van der Waals surface area contributed by atoms with Gasteiger partial charge in [0.05, 0.1) is 24.9 Å². The predicted octanol–water partition coefficient (Wildman–Crippen LogP) is 2.78. The lowest BCUT2D eigenvalue weighted by Gasteiger charge is -2.29. The Morgan fingerprint density at radius 3 is 3.00 bits per heavy atom. The largest absolute Gasteiger partial charge is 0.380 e. The molecule has 0 saturated heterocycles. The molecule has 2 aromatic rings. The molecule has 0 unspecified atom stereocenters. The Balaban J connectivity index is 1.89. The van der Waals surface area contributed by atoms with Gasteiger partial charge in [0.1, 0.15) is 5.82 Å². The third kappa shape index (κ3) is 3.33. The van der Waals surface area contributed by atoms with Gasteiger partial charge in [0.15, 0.2) is 0 Å². The third-order valence-electron chi connectivity index (χ3n) is 4.45. The maximum atomic E-state index is 13.9. The molecule has 0 fully saturated rings. The topological polar surface area (TPSA) is 47.4 Å². The highest BCUT2D eigenvalue weighted by molar-refractivity contribution is 5.94. The smallest absolute Gasteiger partial charge is 0.254 e. The number of amides is 1. The highest BCUT2D eigenvalue weighted by Gasteiger charge is 2.29. The van der Waals surface area contributed by atoms with E-state index in [2.05, 4.69) is 5.10 Å². The van der Waals surface area contributed by atoms with Gasteiger partial charge in [-0.15, -0.1) is 0 Å². The van der Waals surface area contributed by atoms with Crippen LogP contribution < -0.4 is 0 Å². The van der Waals surface area contributed by atoms with Crippen molar-refractivity contribution in [1.82, 2.24) is 14.7 Å². The van der Waals surface area contributed by atoms with Crippen molar-refractivity contribution in [2.45, 2.75) is 39.4 Å². The molecule has 5 nitrogen and oxygen atoms in total. The molecule has 1 aliphatic heterocycles. The van der Waals surface area contributed by atoms with Crippen LogP contribution in [0.15, 0.2) is 30.5 Å². The van der Waals surface area contributed by atoms with Gasteiger partial charge in [-0.25, -0.2) is 4.39 Å². The second-order valence-electron chi connectivity index (χ2n) is 6.04. The third-order valence-corrected chi connectivity index (χ3v) is 4.45. The Bertz CT molecular complexity index is 729. The van der Waals surface area contributed by atoms with Crippen LogP contribution in [0.4, 0.5) is 4.39 Å². The van der Waals surface area contributed by atoms with Gasteiger partial charge < -0.3 is 9.64 Å². The highest BCUT2D eigenvalue weighted by atomic mass is 19.1. The molecule has 1 aromatic carbocycles. The lowest BCUT2D eigenvalue weighted by molar-refractivity contribution is 0.0422. The molecule has 0 spiro atoms. The molecule has 3 rings (SSSR count). The fourth-order valence-electron chi connectivity index (χ4n) is 2.98. The van der Waals surface area contributed by atoms with Crippen molar-refractivity contribution < 1.29 is 13.9 Å². The normalized spacial score (nSPS) is 17.5. The molecule has 0 bridgehead atoms. The number of aryl methyl sites for hydroxylation is 2. The lowest BCUT2D eigenvalue weighted by atomic mass is 10.1. The van der Waals surface area contributed by atoms with Crippen molar-refractivity contribution in [3.05, 3.63) is 53.1 Å². The Kier molecular flexibility index (Phi) is 4.94. The molecular formula is C18H22FN3O2. The Morgan fingerprint density at radius 1 is 1.42 bits per heavy atom. The van der Waals surface area contributed by atoms with Gasteiger partial charge in [0, 0.05) is 24.9 Å². The number of fused-ring (bicyclic) bond motifs is 1. The summed E-state index contributed by atoms with van der Waals surface area (Å²) in [7, 11) is 0. The minimum atomic E-state index is -0.359. The minimum Gasteiger partial charge on any atom is -0.380 e. The van der Waals surface area contributed by atoms with E-state index in [1.54, 1.807) is 30.2 Å². The van der Waals surface area contributed by atoms with Gasteiger partial charge in [0.2, 0.25) is 0 Å². The van der Waals surface area contributed by atoms with E-state index in [4.69, 9.17) is 4.74 Å². The fraction of sp³-hybridized carbons (Fsp3) is 0.444. The van der Waals surface area contributed by atoms with Gasteiger partial charge in [-0.05, 0) is 44.0 Å². The zero-order valence-corrected chi connectivity index (χ0v) is 14.0. The molecule has 1 aliphatic rings. The van der Waals surface area contributed by atoms with E-state index < -0.39 is 0 Å². The Morgan fingerprint density at radius 2 is 2.25 bits per heavy atom. The molecule has 0 saturated carbocycles. The van der Waals surface area contributed by atoms with Crippen molar-refractivity contribution in [2.24, 2.45) is 0 Å². The minimum absolute atomic E-state index is 0.0523. The van der Waals surface area contributed by atoms with Crippen LogP contribution in [-0.4, -0.2) is 39.8 Å². The molecule has 24 heavy (non-hydrogen) atoms. The maximum Gasteiger partial charge on any atom is 0.254 e. The standard InChI is InChI=1S/C18H22FN3O2/c1-3-24-12-16-7-9-22-15(6-8-20-22)11-21(16)18(23)14-5-4-13(2)17(19)10-14/h4-6,8,10,16H,3,7,9,11-12H2,1-2H3/t16-/m0/s1. The van der Waals surface area contributed by atoms with Gasteiger partial charge in [-0.1, -0.05) is 6.07 Å².